The summed E-state index contributed by atoms with van der Waals surface area (Å²) < 4.78 is 13.0. The molecule has 9 heteroatoms. The summed E-state index contributed by atoms with van der Waals surface area (Å²) in [5.74, 6) is -0.430. The number of hydrazone groups is 1. The maximum absolute atomic E-state index is 13.0. The molecule has 0 spiro atoms. The van der Waals surface area contributed by atoms with E-state index in [-0.39, 0.29) is 30.2 Å². The van der Waals surface area contributed by atoms with Crippen molar-refractivity contribution in [3.63, 3.8) is 0 Å². The fourth-order valence-corrected chi connectivity index (χ4v) is 2.73. The van der Waals surface area contributed by atoms with Crippen molar-refractivity contribution in [2.24, 2.45) is 5.10 Å². The number of ketones is 1. The molecule has 1 heterocycles. The van der Waals surface area contributed by atoms with Gasteiger partial charge in [-0.3, -0.25) is 15.2 Å². The molecule has 0 saturated heterocycles. The topological polar surface area (TPSA) is 114 Å². The van der Waals surface area contributed by atoms with Gasteiger partial charge < -0.3 is 21.4 Å². The Morgan fingerprint density at radius 3 is 2.81 bits per heavy atom. The Labute approximate surface area is 181 Å². The summed E-state index contributed by atoms with van der Waals surface area (Å²) in [4.78, 5) is 16.6. The number of likely N-dealkylation sites (N-methyl/N-ethyl adjacent to an activating group) is 1. The van der Waals surface area contributed by atoms with Crippen molar-refractivity contribution in [1.82, 2.24) is 20.9 Å². The third kappa shape index (κ3) is 8.07. The lowest BCUT2D eigenvalue weighted by Crippen LogP contribution is -2.37. The van der Waals surface area contributed by atoms with Crippen LogP contribution in [0.2, 0.25) is 0 Å². The van der Waals surface area contributed by atoms with Crippen LogP contribution >= 0.6 is 0 Å². The van der Waals surface area contributed by atoms with Gasteiger partial charge in [-0.25, -0.2) is 4.39 Å². The minimum atomic E-state index is -0.368. The number of para-hydroxylation sites is 1. The number of carbonyl (C=O) groups excluding carboxylic acids is 1. The summed E-state index contributed by atoms with van der Waals surface area (Å²) >= 11 is 0. The second-order valence-electron chi connectivity index (χ2n) is 6.74. The SMILES string of the molecule is CNC(/C=C\NCC(C)NCC(=O)c1ccccc1N/N=C\C=N)c1ccc(F)cn1. The summed E-state index contributed by atoms with van der Waals surface area (Å²) in [5, 5.41) is 20.3. The van der Waals surface area contributed by atoms with Crippen LogP contribution in [0.4, 0.5) is 10.1 Å². The Hall–Kier alpha value is -3.43. The van der Waals surface area contributed by atoms with Crippen molar-refractivity contribution in [3.8, 4) is 0 Å². The van der Waals surface area contributed by atoms with Crippen LogP contribution in [0, 0.1) is 11.2 Å². The van der Waals surface area contributed by atoms with Crippen LogP contribution in [0.15, 0.2) is 60.0 Å². The highest BCUT2D eigenvalue weighted by molar-refractivity contribution is 6.14. The molecular formula is C22H28FN7O. The lowest BCUT2D eigenvalue weighted by molar-refractivity contribution is 0.0988. The standard InChI is InChI=1S/C22H28FN7O/c1-16(13-26-11-9-20(25-2)21-8-7-17(23)14-28-21)27-15-22(31)18-5-3-4-6-19(18)30-29-12-10-24/h3-12,14,16,20,24-27,30H,13,15H2,1-2H3/b11-9-,24-10?,29-12-. The summed E-state index contributed by atoms with van der Waals surface area (Å²) in [6, 6.07) is 10.0. The Bertz CT molecular complexity index is 899. The molecule has 0 aliphatic carbocycles. The zero-order valence-corrected chi connectivity index (χ0v) is 17.6. The first-order valence-corrected chi connectivity index (χ1v) is 9.87. The number of anilines is 1. The monoisotopic (exact) mass is 425 g/mol. The molecule has 0 saturated carbocycles. The van der Waals surface area contributed by atoms with E-state index in [9.17, 15) is 9.18 Å². The van der Waals surface area contributed by atoms with Crippen LogP contribution in [0.5, 0.6) is 0 Å². The van der Waals surface area contributed by atoms with Crippen LogP contribution in [-0.2, 0) is 0 Å². The number of nitrogens with one attached hydrogen (secondary N) is 5. The average molecular weight is 426 g/mol. The molecule has 5 N–H and O–H groups in total. The van der Waals surface area contributed by atoms with Crippen molar-refractivity contribution in [2.75, 3.05) is 25.6 Å². The van der Waals surface area contributed by atoms with Gasteiger partial charge in [0.15, 0.2) is 5.78 Å². The van der Waals surface area contributed by atoms with Crippen molar-refractivity contribution < 1.29 is 9.18 Å². The predicted octanol–water partition coefficient (Wildman–Crippen LogP) is 2.49. The number of Topliss-reactive ketones (excluding diaryl/α,β-unsaturated/α-hetero) is 1. The van der Waals surface area contributed by atoms with E-state index in [2.05, 4.69) is 31.5 Å². The molecule has 2 atom stereocenters. The van der Waals surface area contributed by atoms with Crippen LogP contribution < -0.4 is 21.4 Å². The minimum Gasteiger partial charge on any atom is -0.390 e. The number of benzene rings is 1. The number of pyridine rings is 1. The van der Waals surface area contributed by atoms with E-state index in [1.54, 1.807) is 31.3 Å². The van der Waals surface area contributed by atoms with Crippen LogP contribution in [0.25, 0.3) is 0 Å². The van der Waals surface area contributed by atoms with E-state index in [4.69, 9.17) is 5.41 Å². The number of rotatable bonds is 13. The van der Waals surface area contributed by atoms with Gasteiger partial charge in [0, 0.05) is 24.4 Å². The van der Waals surface area contributed by atoms with Crippen LogP contribution in [0.1, 0.15) is 29.0 Å². The van der Waals surface area contributed by atoms with E-state index in [1.165, 1.54) is 18.5 Å². The van der Waals surface area contributed by atoms with Gasteiger partial charge in [-0.05, 0) is 50.5 Å². The summed E-state index contributed by atoms with van der Waals surface area (Å²) in [6.45, 7) is 2.77. The van der Waals surface area contributed by atoms with Gasteiger partial charge in [-0.15, -0.1) is 0 Å². The molecule has 2 rings (SSSR count). The van der Waals surface area contributed by atoms with Gasteiger partial charge in [-0.1, -0.05) is 12.1 Å². The van der Waals surface area contributed by atoms with E-state index in [0.717, 1.165) is 11.9 Å². The highest BCUT2D eigenvalue weighted by Crippen LogP contribution is 2.15. The molecule has 0 radical (unpaired) electrons. The van der Waals surface area contributed by atoms with E-state index < -0.39 is 0 Å². The predicted molar refractivity (Wildman–Crippen MR) is 122 cm³/mol. The Kier molecular flexibility index (Phi) is 9.99. The van der Waals surface area contributed by atoms with E-state index in [0.29, 0.717) is 17.8 Å². The van der Waals surface area contributed by atoms with Crippen LogP contribution in [0.3, 0.4) is 0 Å². The van der Waals surface area contributed by atoms with E-state index in [1.807, 2.05) is 25.3 Å². The highest BCUT2D eigenvalue weighted by Gasteiger charge is 2.12. The number of halogens is 1. The molecule has 31 heavy (non-hydrogen) atoms. The summed E-state index contributed by atoms with van der Waals surface area (Å²) in [6.07, 6.45) is 7.25. The van der Waals surface area contributed by atoms with Crippen molar-refractivity contribution in [1.29, 1.82) is 5.41 Å². The van der Waals surface area contributed by atoms with Gasteiger partial charge in [0.05, 0.1) is 36.4 Å². The molecule has 0 amide bonds. The summed E-state index contributed by atoms with van der Waals surface area (Å²) in [5.41, 5.74) is 4.61. The maximum Gasteiger partial charge on any atom is 0.178 e. The normalized spacial score (nSPS) is 13.3. The van der Waals surface area contributed by atoms with E-state index >= 15 is 0 Å². The molecule has 0 aliphatic heterocycles. The van der Waals surface area contributed by atoms with Gasteiger partial charge in [0.25, 0.3) is 0 Å². The molecule has 164 valence electrons. The highest BCUT2D eigenvalue weighted by atomic mass is 19.1. The first kappa shape index (κ1) is 23.8. The lowest BCUT2D eigenvalue weighted by Gasteiger charge is -2.15. The van der Waals surface area contributed by atoms with Crippen LogP contribution in [-0.4, -0.2) is 49.4 Å². The van der Waals surface area contributed by atoms with Gasteiger partial charge >= 0.3 is 0 Å². The van der Waals surface area contributed by atoms with Crippen molar-refractivity contribution >= 4 is 23.9 Å². The Balaban J connectivity index is 1.80. The van der Waals surface area contributed by atoms with Crippen molar-refractivity contribution in [2.45, 2.75) is 19.0 Å². The molecule has 0 aliphatic rings. The fourth-order valence-electron chi connectivity index (χ4n) is 2.73. The maximum atomic E-state index is 13.0. The number of nitrogens with zero attached hydrogens (tertiary/aromatic N) is 2. The van der Waals surface area contributed by atoms with Gasteiger partial charge in [-0.2, -0.15) is 5.10 Å². The Morgan fingerprint density at radius 2 is 2.10 bits per heavy atom. The molecule has 1 aromatic heterocycles. The second kappa shape index (κ2) is 13.0. The number of carbonyl (C=O) groups is 1. The smallest absolute Gasteiger partial charge is 0.178 e. The molecule has 8 nitrogen and oxygen atoms in total. The number of hydrogen-bond donors (Lipinski definition) is 5. The third-order valence-corrected chi connectivity index (χ3v) is 4.38. The first-order valence-electron chi connectivity index (χ1n) is 9.87. The number of aromatic nitrogens is 1. The van der Waals surface area contributed by atoms with Gasteiger partial charge in [0.2, 0.25) is 0 Å². The molecule has 2 aromatic rings. The molecule has 1 aromatic carbocycles. The Morgan fingerprint density at radius 1 is 1.29 bits per heavy atom. The molecular weight excluding hydrogens is 397 g/mol. The third-order valence-electron chi connectivity index (χ3n) is 4.38. The average Bonchev–Trinajstić information content (AvgIpc) is 2.79. The zero-order valence-electron chi connectivity index (χ0n) is 17.6. The largest absolute Gasteiger partial charge is 0.390 e. The molecule has 2 unspecified atom stereocenters. The second-order valence-corrected chi connectivity index (χ2v) is 6.74. The fraction of sp³-hybridized carbons (Fsp3) is 0.273. The molecule has 0 bridgehead atoms. The quantitative estimate of drug-likeness (QED) is 0.191. The number of hydrogen-bond acceptors (Lipinski definition) is 8. The van der Waals surface area contributed by atoms with Gasteiger partial charge in [0.1, 0.15) is 5.82 Å². The lowest BCUT2D eigenvalue weighted by atomic mass is 10.1. The zero-order chi connectivity index (χ0) is 22.5. The first-order chi connectivity index (χ1) is 15.0. The summed E-state index contributed by atoms with van der Waals surface area (Å²) in [7, 11) is 1.80. The minimum absolute atomic E-state index is 0.0432. The van der Waals surface area contributed by atoms with Crippen molar-refractivity contribution in [3.05, 3.63) is 71.9 Å². The molecule has 0 fully saturated rings.